The van der Waals surface area contributed by atoms with E-state index in [9.17, 15) is 18.0 Å². The van der Waals surface area contributed by atoms with Gasteiger partial charge in [-0.2, -0.15) is 13.2 Å². The molecule has 160 valence electrons. The summed E-state index contributed by atoms with van der Waals surface area (Å²) in [4.78, 5) is 12.2. The van der Waals surface area contributed by atoms with Crippen molar-refractivity contribution in [1.29, 1.82) is 0 Å². The summed E-state index contributed by atoms with van der Waals surface area (Å²) in [5.74, 6) is -0.548. The van der Waals surface area contributed by atoms with E-state index in [0.717, 1.165) is 31.4 Å². The van der Waals surface area contributed by atoms with E-state index < -0.39 is 17.7 Å². The quantitative estimate of drug-likeness (QED) is 0.234. The molecule has 1 aromatic rings. The highest BCUT2D eigenvalue weighted by Crippen LogP contribution is 2.29. The second-order valence-electron chi connectivity index (χ2n) is 7.48. The monoisotopic (exact) mass is 400 g/mol. The van der Waals surface area contributed by atoms with Crippen LogP contribution >= 0.6 is 0 Å². The summed E-state index contributed by atoms with van der Waals surface area (Å²) in [7, 11) is 0. The van der Waals surface area contributed by atoms with Gasteiger partial charge in [-0.25, -0.2) is 4.79 Å². The molecule has 1 unspecified atom stereocenters. The van der Waals surface area contributed by atoms with Crippen molar-refractivity contribution in [2.45, 2.75) is 103 Å². The fraction of sp³-hybridized carbons (Fsp3) is 0.696. The smallest absolute Gasteiger partial charge is 0.416 e. The number of esters is 1. The fourth-order valence-corrected chi connectivity index (χ4v) is 3.22. The zero-order valence-corrected chi connectivity index (χ0v) is 17.3. The van der Waals surface area contributed by atoms with E-state index in [4.69, 9.17) is 4.74 Å². The standard InChI is InChI=1S/C23H35F3O2/c1-3-5-6-7-8-9-10-11-12-13-14-21(4-2)28-22(27)19-15-17-20(18-16-19)23(24,25)26/h15-18,21H,3-14H2,1-2H3. The maximum Gasteiger partial charge on any atom is 0.416 e. The number of carbonyl (C=O) groups is 1. The number of ether oxygens (including phenoxy) is 1. The molecule has 0 fully saturated rings. The molecule has 1 aromatic carbocycles. The number of rotatable bonds is 14. The molecule has 0 bridgehead atoms. The van der Waals surface area contributed by atoms with Crippen molar-refractivity contribution in [3.63, 3.8) is 0 Å². The minimum atomic E-state index is -4.40. The van der Waals surface area contributed by atoms with Crippen LogP contribution in [0.25, 0.3) is 0 Å². The highest BCUT2D eigenvalue weighted by atomic mass is 19.4. The van der Waals surface area contributed by atoms with Gasteiger partial charge in [-0.15, -0.1) is 0 Å². The number of hydrogen-bond acceptors (Lipinski definition) is 2. The fourth-order valence-electron chi connectivity index (χ4n) is 3.22. The third-order valence-corrected chi connectivity index (χ3v) is 5.06. The Morgan fingerprint density at radius 2 is 1.36 bits per heavy atom. The third-order valence-electron chi connectivity index (χ3n) is 5.06. The minimum absolute atomic E-state index is 0.162. The Hall–Kier alpha value is -1.52. The minimum Gasteiger partial charge on any atom is -0.459 e. The van der Waals surface area contributed by atoms with Crippen LogP contribution in [0.2, 0.25) is 0 Å². The first-order valence-corrected chi connectivity index (χ1v) is 10.8. The number of hydrogen-bond donors (Lipinski definition) is 0. The van der Waals surface area contributed by atoms with Crippen molar-refractivity contribution in [3.8, 4) is 0 Å². The summed E-state index contributed by atoms with van der Waals surface area (Å²) in [5.41, 5.74) is -0.601. The molecule has 0 aromatic heterocycles. The summed E-state index contributed by atoms with van der Waals surface area (Å²) < 4.78 is 43.2. The van der Waals surface area contributed by atoms with Crippen molar-refractivity contribution in [2.24, 2.45) is 0 Å². The van der Waals surface area contributed by atoms with Crippen LogP contribution in [0, 0.1) is 0 Å². The van der Waals surface area contributed by atoms with Crippen LogP contribution < -0.4 is 0 Å². The molecular weight excluding hydrogens is 365 g/mol. The molecule has 1 rings (SSSR count). The molecule has 5 heteroatoms. The van der Waals surface area contributed by atoms with Crippen molar-refractivity contribution in [1.82, 2.24) is 0 Å². The van der Waals surface area contributed by atoms with E-state index in [0.29, 0.717) is 6.42 Å². The van der Waals surface area contributed by atoms with Crippen molar-refractivity contribution in [3.05, 3.63) is 35.4 Å². The third kappa shape index (κ3) is 10.1. The van der Waals surface area contributed by atoms with Crippen LogP contribution in [-0.4, -0.2) is 12.1 Å². The van der Waals surface area contributed by atoms with E-state index in [1.165, 1.54) is 63.5 Å². The lowest BCUT2D eigenvalue weighted by Crippen LogP contribution is -2.18. The van der Waals surface area contributed by atoms with Gasteiger partial charge >= 0.3 is 12.1 Å². The number of benzene rings is 1. The van der Waals surface area contributed by atoms with Crippen molar-refractivity contribution in [2.75, 3.05) is 0 Å². The average molecular weight is 401 g/mol. The van der Waals surface area contributed by atoms with Gasteiger partial charge in [0.1, 0.15) is 6.10 Å². The molecule has 0 spiro atoms. The van der Waals surface area contributed by atoms with Crippen molar-refractivity contribution >= 4 is 5.97 Å². The molecule has 1 atom stereocenters. The van der Waals surface area contributed by atoms with Gasteiger partial charge in [0.25, 0.3) is 0 Å². The van der Waals surface area contributed by atoms with E-state index in [2.05, 4.69) is 6.92 Å². The summed E-state index contributed by atoms with van der Waals surface area (Å²) in [6.07, 6.45) is 9.46. The largest absolute Gasteiger partial charge is 0.459 e. The van der Waals surface area contributed by atoms with Crippen LogP contribution in [-0.2, 0) is 10.9 Å². The first-order chi connectivity index (χ1) is 13.4. The maximum absolute atomic E-state index is 12.6. The highest BCUT2D eigenvalue weighted by Gasteiger charge is 2.30. The van der Waals surface area contributed by atoms with Crippen molar-refractivity contribution < 1.29 is 22.7 Å². The number of alkyl halides is 3. The van der Waals surface area contributed by atoms with E-state index in [1.54, 1.807) is 0 Å². The van der Waals surface area contributed by atoms with Crippen LogP contribution in [0.3, 0.4) is 0 Å². The first kappa shape index (κ1) is 24.5. The SMILES string of the molecule is CCCCCCCCCCCCC(CC)OC(=O)c1ccc(C(F)(F)F)cc1. The van der Waals surface area contributed by atoms with E-state index in [1.807, 2.05) is 6.92 Å². The van der Waals surface area contributed by atoms with Crippen LogP contribution in [0.1, 0.15) is 107 Å². The van der Waals surface area contributed by atoms with E-state index >= 15 is 0 Å². The van der Waals surface area contributed by atoms with Gasteiger partial charge in [-0.1, -0.05) is 71.6 Å². The Kier molecular flexibility index (Phi) is 11.9. The molecule has 28 heavy (non-hydrogen) atoms. The zero-order chi connectivity index (χ0) is 20.8. The Morgan fingerprint density at radius 3 is 1.82 bits per heavy atom. The van der Waals surface area contributed by atoms with Gasteiger partial charge in [0.15, 0.2) is 0 Å². The lowest BCUT2D eigenvalue weighted by molar-refractivity contribution is -0.137. The zero-order valence-electron chi connectivity index (χ0n) is 17.3. The van der Waals surface area contributed by atoms with Gasteiger partial charge in [0, 0.05) is 0 Å². The summed E-state index contributed by atoms with van der Waals surface area (Å²) >= 11 is 0. The lowest BCUT2D eigenvalue weighted by Gasteiger charge is -2.16. The normalized spacial score (nSPS) is 12.8. The first-order valence-electron chi connectivity index (χ1n) is 10.8. The molecule has 0 radical (unpaired) electrons. The number of carbonyl (C=O) groups excluding carboxylic acids is 1. The molecule has 0 aliphatic heterocycles. The maximum atomic E-state index is 12.6. The molecular formula is C23H35F3O2. The molecule has 2 nitrogen and oxygen atoms in total. The molecule has 0 saturated carbocycles. The topological polar surface area (TPSA) is 26.3 Å². The molecule has 0 amide bonds. The lowest BCUT2D eigenvalue weighted by atomic mass is 10.0. The highest BCUT2D eigenvalue weighted by molar-refractivity contribution is 5.89. The molecule has 0 aliphatic rings. The second kappa shape index (κ2) is 13.6. The number of unbranched alkanes of at least 4 members (excludes halogenated alkanes) is 9. The molecule has 0 aliphatic carbocycles. The van der Waals surface area contributed by atoms with Crippen LogP contribution in [0.15, 0.2) is 24.3 Å². The molecule has 0 heterocycles. The predicted octanol–water partition coefficient (Wildman–Crippen LogP) is 7.95. The summed E-state index contributed by atoms with van der Waals surface area (Å²) in [6, 6.07) is 4.19. The Bertz CT molecular complexity index is 538. The van der Waals surface area contributed by atoms with Gasteiger partial charge in [-0.05, 0) is 43.5 Å². The van der Waals surface area contributed by atoms with Crippen LogP contribution in [0.5, 0.6) is 0 Å². The second-order valence-corrected chi connectivity index (χ2v) is 7.48. The average Bonchev–Trinajstić information content (AvgIpc) is 2.67. The Balaban J connectivity index is 2.22. The van der Waals surface area contributed by atoms with Crippen LogP contribution in [0.4, 0.5) is 13.2 Å². The van der Waals surface area contributed by atoms with E-state index in [-0.39, 0.29) is 11.7 Å². The van der Waals surface area contributed by atoms with Gasteiger partial charge in [0.2, 0.25) is 0 Å². The Labute approximate surface area is 167 Å². The summed E-state index contributed by atoms with van der Waals surface area (Å²) in [6.45, 7) is 4.19. The van der Waals surface area contributed by atoms with Gasteiger partial charge in [0.05, 0.1) is 11.1 Å². The molecule has 0 saturated heterocycles. The predicted molar refractivity (Wildman–Crippen MR) is 107 cm³/mol. The van der Waals surface area contributed by atoms with Gasteiger partial charge in [-0.3, -0.25) is 0 Å². The number of halogens is 3. The summed E-state index contributed by atoms with van der Waals surface area (Å²) in [5, 5.41) is 0. The molecule has 0 N–H and O–H groups in total. The van der Waals surface area contributed by atoms with Gasteiger partial charge < -0.3 is 4.74 Å². The Morgan fingerprint density at radius 1 is 0.857 bits per heavy atom.